The zero-order chi connectivity index (χ0) is 13.9. The number of sulfonamides is 1. The highest BCUT2D eigenvalue weighted by Crippen LogP contribution is 2.28. The van der Waals surface area contributed by atoms with Crippen LogP contribution in [0.2, 0.25) is 0 Å². The Morgan fingerprint density at radius 1 is 1.26 bits per heavy atom. The highest BCUT2D eigenvalue weighted by atomic mass is 79.9. The first kappa shape index (κ1) is 15.4. The van der Waals surface area contributed by atoms with Gasteiger partial charge in [0.1, 0.15) is 0 Å². The van der Waals surface area contributed by atoms with Crippen molar-refractivity contribution in [2.45, 2.75) is 41.9 Å². The molecule has 2 rings (SSSR count). The molecule has 1 N–H and O–H groups in total. The molecular weight excluding hydrogens is 346 g/mol. The van der Waals surface area contributed by atoms with Gasteiger partial charge in [-0.3, -0.25) is 0 Å². The topological polar surface area (TPSA) is 46.2 Å². The molecule has 3 nitrogen and oxygen atoms in total. The third kappa shape index (κ3) is 4.21. The fourth-order valence-corrected chi connectivity index (χ4v) is 4.74. The van der Waals surface area contributed by atoms with E-state index in [9.17, 15) is 8.42 Å². The smallest absolute Gasteiger partial charge is 0.208 e. The van der Waals surface area contributed by atoms with Gasteiger partial charge in [0.2, 0.25) is 10.0 Å². The van der Waals surface area contributed by atoms with Crippen molar-refractivity contribution in [2.24, 2.45) is 0 Å². The monoisotopic (exact) mass is 363 g/mol. The van der Waals surface area contributed by atoms with Crippen LogP contribution >= 0.6 is 27.7 Å². The molecule has 2 atom stereocenters. The maximum atomic E-state index is 12.3. The third-order valence-electron chi connectivity index (χ3n) is 3.41. The summed E-state index contributed by atoms with van der Waals surface area (Å²) < 4.78 is 28.3. The van der Waals surface area contributed by atoms with Crippen LogP contribution in [0.4, 0.5) is 0 Å². The number of rotatable bonds is 4. The number of halogens is 1. The Morgan fingerprint density at radius 2 is 1.95 bits per heavy atom. The Bertz CT molecular complexity index is 516. The van der Waals surface area contributed by atoms with Gasteiger partial charge < -0.3 is 0 Å². The fraction of sp³-hybridized carbons (Fsp3) is 0.538. The minimum absolute atomic E-state index is 0.0693. The van der Waals surface area contributed by atoms with Crippen LogP contribution in [0.3, 0.4) is 0 Å². The largest absolute Gasteiger partial charge is 0.240 e. The molecule has 0 aliphatic heterocycles. The van der Waals surface area contributed by atoms with Crippen molar-refractivity contribution in [1.82, 2.24) is 4.72 Å². The summed E-state index contributed by atoms with van der Waals surface area (Å²) in [6.45, 7) is 0. The lowest BCUT2D eigenvalue weighted by atomic mass is 9.96. The van der Waals surface area contributed by atoms with Gasteiger partial charge in [-0.2, -0.15) is 11.8 Å². The summed E-state index contributed by atoms with van der Waals surface area (Å²) in [4.78, 5) is 0.335. The van der Waals surface area contributed by atoms with E-state index in [2.05, 4.69) is 26.9 Å². The minimum atomic E-state index is -3.39. The molecule has 106 valence electrons. The lowest BCUT2D eigenvalue weighted by Crippen LogP contribution is -2.39. The maximum Gasteiger partial charge on any atom is 0.240 e. The van der Waals surface area contributed by atoms with E-state index in [1.165, 1.54) is 6.42 Å². The van der Waals surface area contributed by atoms with E-state index in [0.29, 0.717) is 10.1 Å². The Hall–Kier alpha value is -0.0400. The van der Waals surface area contributed by atoms with Crippen LogP contribution in [0, 0.1) is 0 Å². The zero-order valence-corrected chi connectivity index (χ0v) is 14.0. The first-order chi connectivity index (χ1) is 9.01. The van der Waals surface area contributed by atoms with E-state index in [0.717, 1.165) is 23.7 Å². The standard InChI is InChI=1S/C13H18BrNO2S2/c1-18-12-4-2-3-11(9-12)15-19(16,17)13-7-5-10(14)6-8-13/h5-8,11-12,15H,2-4,9H2,1H3. The van der Waals surface area contributed by atoms with Crippen molar-refractivity contribution in [3.8, 4) is 0 Å². The van der Waals surface area contributed by atoms with Gasteiger partial charge in [0.05, 0.1) is 4.90 Å². The predicted molar refractivity (Wildman–Crippen MR) is 84.0 cm³/mol. The molecular formula is C13H18BrNO2S2. The summed E-state index contributed by atoms with van der Waals surface area (Å²) >= 11 is 5.14. The molecule has 0 spiro atoms. The van der Waals surface area contributed by atoms with Crippen molar-refractivity contribution >= 4 is 37.7 Å². The summed E-state index contributed by atoms with van der Waals surface area (Å²) in [5, 5.41) is 0.575. The van der Waals surface area contributed by atoms with Gasteiger partial charge in [0, 0.05) is 15.8 Å². The van der Waals surface area contributed by atoms with Crippen LogP contribution in [0.1, 0.15) is 25.7 Å². The average molecular weight is 364 g/mol. The summed E-state index contributed by atoms with van der Waals surface area (Å²) in [7, 11) is -3.39. The molecule has 0 amide bonds. The van der Waals surface area contributed by atoms with E-state index in [1.54, 1.807) is 24.3 Å². The molecule has 2 unspecified atom stereocenters. The van der Waals surface area contributed by atoms with E-state index in [-0.39, 0.29) is 6.04 Å². The second-order valence-electron chi connectivity index (χ2n) is 4.80. The zero-order valence-electron chi connectivity index (χ0n) is 10.8. The molecule has 0 bridgehead atoms. The van der Waals surface area contributed by atoms with E-state index in [1.807, 2.05) is 11.8 Å². The molecule has 1 aromatic rings. The minimum Gasteiger partial charge on any atom is -0.208 e. The molecule has 1 fully saturated rings. The number of thioether (sulfide) groups is 1. The average Bonchev–Trinajstić information content (AvgIpc) is 2.39. The molecule has 19 heavy (non-hydrogen) atoms. The Morgan fingerprint density at radius 3 is 2.58 bits per heavy atom. The Balaban J connectivity index is 2.06. The second kappa shape index (κ2) is 6.61. The molecule has 1 aliphatic carbocycles. The van der Waals surface area contributed by atoms with E-state index in [4.69, 9.17) is 0 Å². The summed E-state index contributed by atoms with van der Waals surface area (Å²) in [6.07, 6.45) is 6.25. The van der Waals surface area contributed by atoms with Crippen molar-refractivity contribution in [2.75, 3.05) is 6.26 Å². The van der Waals surface area contributed by atoms with Gasteiger partial charge in [0.25, 0.3) is 0 Å². The van der Waals surface area contributed by atoms with Gasteiger partial charge in [-0.25, -0.2) is 13.1 Å². The van der Waals surface area contributed by atoms with Crippen molar-refractivity contribution < 1.29 is 8.42 Å². The highest BCUT2D eigenvalue weighted by molar-refractivity contribution is 9.10. The van der Waals surface area contributed by atoms with Crippen LogP contribution in [-0.4, -0.2) is 26.0 Å². The molecule has 0 heterocycles. The molecule has 1 saturated carbocycles. The van der Waals surface area contributed by atoms with E-state index >= 15 is 0 Å². The fourth-order valence-electron chi connectivity index (χ4n) is 2.37. The van der Waals surface area contributed by atoms with E-state index < -0.39 is 10.0 Å². The normalized spacial score (nSPS) is 24.3. The number of nitrogens with one attached hydrogen (secondary N) is 1. The molecule has 6 heteroatoms. The summed E-state index contributed by atoms with van der Waals surface area (Å²) in [5.41, 5.74) is 0. The van der Waals surface area contributed by atoms with Crippen LogP contribution in [-0.2, 0) is 10.0 Å². The number of hydrogen-bond acceptors (Lipinski definition) is 3. The summed E-state index contributed by atoms with van der Waals surface area (Å²) in [6, 6.07) is 6.82. The first-order valence-corrected chi connectivity index (χ1v) is 9.88. The van der Waals surface area contributed by atoms with Crippen molar-refractivity contribution in [3.63, 3.8) is 0 Å². The SMILES string of the molecule is CSC1CCCC(NS(=O)(=O)c2ccc(Br)cc2)C1. The van der Waals surface area contributed by atoms with Gasteiger partial charge in [-0.05, 0) is 49.8 Å². The van der Waals surface area contributed by atoms with Crippen LogP contribution in [0.15, 0.2) is 33.6 Å². The number of benzene rings is 1. The van der Waals surface area contributed by atoms with Gasteiger partial charge >= 0.3 is 0 Å². The quantitative estimate of drug-likeness (QED) is 0.891. The van der Waals surface area contributed by atoms with Gasteiger partial charge in [-0.15, -0.1) is 0 Å². The molecule has 1 aromatic carbocycles. The van der Waals surface area contributed by atoms with Crippen LogP contribution in [0.5, 0.6) is 0 Å². The lowest BCUT2D eigenvalue weighted by Gasteiger charge is -2.28. The van der Waals surface area contributed by atoms with Crippen LogP contribution < -0.4 is 4.72 Å². The molecule has 0 aromatic heterocycles. The predicted octanol–water partition coefficient (Wildman–Crippen LogP) is 3.40. The maximum absolute atomic E-state index is 12.3. The van der Waals surface area contributed by atoms with Crippen LogP contribution in [0.25, 0.3) is 0 Å². The van der Waals surface area contributed by atoms with Crippen molar-refractivity contribution in [1.29, 1.82) is 0 Å². The second-order valence-corrected chi connectivity index (χ2v) is 8.56. The Labute approximate surface area is 127 Å². The first-order valence-electron chi connectivity index (χ1n) is 6.32. The Kier molecular flexibility index (Phi) is 5.34. The highest BCUT2D eigenvalue weighted by Gasteiger charge is 2.25. The van der Waals surface area contributed by atoms with Gasteiger partial charge in [-0.1, -0.05) is 22.4 Å². The molecule has 0 radical (unpaired) electrons. The number of hydrogen-bond donors (Lipinski definition) is 1. The molecule has 1 aliphatic rings. The molecule has 0 saturated heterocycles. The van der Waals surface area contributed by atoms with Crippen molar-refractivity contribution in [3.05, 3.63) is 28.7 Å². The third-order valence-corrected chi connectivity index (χ3v) is 6.57. The van der Waals surface area contributed by atoms with Gasteiger partial charge in [0.15, 0.2) is 0 Å². The summed E-state index contributed by atoms with van der Waals surface area (Å²) in [5.74, 6) is 0. The lowest BCUT2D eigenvalue weighted by molar-refractivity contribution is 0.421.